The monoisotopic (exact) mass is 539 g/mol. The molecule has 2 aliphatic rings. The van der Waals surface area contributed by atoms with Crippen molar-refractivity contribution in [2.75, 3.05) is 11.9 Å². The zero-order valence-electron chi connectivity index (χ0n) is 22.6. The molecule has 38 heavy (non-hydrogen) atoms. The fourth-order valence-electron chi connectivity index (χ4n) is 5.62. The van der Waals surface area contributed by atoms with Gasteiger partial charge in [0.1, 0.15) is 24.3 Å². The van der Waals surface area contributed by atoms with Gasteiger partial charge in [-0.1, -0.05) is 39.2 Å². The molecule has 0 spiro atoms. The lowest BCUT2D eigenvalue weighted by Crippen LogP contribution is -2.38. The van der Waals surface area contributed by atoms with E-state index >= 15 is 0 Å². The molecule has 7 nitrogen and oxygen atoms in total. The summed E-state index contributed by atoms with van der Waals surface area (Å²) in [4.78, 5) is 24.5. The van der Waals surface area contributed by atoms with Gasteiger partial charge in [-0.3, -0.25) is 10.1 Å². The number of ether oxygens (including phenoxy) is 2. The number of amides is 1. The van der Waals surface area contributed by atoms with Crippen LogP contribution in [0.4, 0.5) is 16.2 Å². The third-order valence-electron chi connectivity index (χ3n) is 7.86. The van der Waals surface area contributed by atoms with Crippen LogP contribution < -0.4 is 10.1 Å². The topological polar surface area (TPSA) is 76.9 Å². The number of ketones is 1. The lowest BCUT2D eigenvalue weighted by Gasteiger charge is -2.37. The average Bonchev–Trinajstić information content (AvgIpc) is 2.94. The highest BCUT2D eigenvalue weighted by Crippen LogP contribution is 2.42. The molecule has 1 aliphatic carbocycles. The molecule has 1 N–H and O–H groups in total. The maximum atomic E-state index is 12.5. The Morgan fingerprint density at radius 3 is 2.61 bits per heavy atom. The van der Waals surface area contributed by atoms with Gasteiger partial charge in [0.2, 0.25) is 6.21 Å². The minimum absolute atomic E-state index is 0.00703. The number of thiol groups is 1. The number of nitrogens with zero attached hydrogens (tertiary/aromatic N) is 1. The van der Waals surface area contributed by atoms with Crippen LogP contribution in [0, 0.1) is 0 Å². The van der Waals surface area contributed by atoms with Crippen molar-refractivity contribution in [3.8, 4) is 5.75 Å². The van der Waals surface area contributed by atoms with Crippen LogP contribution in [0.2, 0.25) is 0 Å². The molecule has 0 aromatic heterocycles. The van der Waals surface area contributed by atoms with E-state index in [4.69, 9.17) is 13.8 Å². The Bertz CT molecular complexity index is 1190. The number of cyclic esters (lactones) is 1. The first-order valence-corrected chi connectivity index (χ1v) is 14.1. The van der Waals surface area contributed by atoms with Crippen LogP contribution in [0.5, 0.6) is 5.75 Å². The zero-order chi connectivity index (χ0) is 27.1. The van der Waals surface area contributed by atoms with Crippen molar-refractivity contribution < 1.29 is 28.1 Å². The molecular formula is C30H39N2O5S+. The molecular weight excluding hydrogens is 500 g/mol. The normalized spacial score (nSPS) is 17.3. The van der Waals surface area contributed by atoms with Crippen molar-refractivity contribution in [2.45, 2.75) is 90.1 Å². The van der Waals surface area contributed by atoms with Gasteiger partial charge in [-0.15, -0.1) is 0 Å². The van der Waals surface area contributed by atoms with Crippen LogP contribution in [0.1, 0.15) is 106 Å². The molecule has 4 rings (SSSR count). The Balaban J connectivity index is 1.40. The smallest absolute Gasteiger partial charge is 0.412 e. The van der Waals surface area contributed by atoms with Gasteiger partial charge in [-0.25, -0.2) is 4.79 Å². The van der Waals surface area contributed by atoms with Crippen molar-refractivity contribution in [1.82, 2.24) is 0 Å². The first-order valence-electron chi connectivity index (χ1n) is 13.8. The summed E-state index contributed by atoms with van der Waals surface area (Å²) >= 11 is 4.05. The van der Waals surface area contributed by atoms with E-state index < -0.39 is 11.7 Å². The van der Waals surface area contributed by atoms with Crippen LogP contribution in [-0.4, -0.2) is 29.4 Å². The SMILES string of the molecule is CCC1(CC)OC(=O)Nc2ccc(OCCCC=[N+](OS)c3ccc(C4CCCCC4)cc3C(C)=O)cc21. The summed E-state index contributed by atoms with van der Waals surface area (Å²) in [5.74, 6) is 1.26. The van der Waals surface area contributed by atoms with Gasteiger partial charge in [0, 0.05) is 22.8 Å². The highest BCUT2D eigenvalue weighted by atomic mass is 32.1. The van der Waals surface area contributed by atoms with Crippen LogP contribution >= 0.6 is 12.9 Å². The average molecular weight is 540 g/mol. The van der Waals surface area contributed by atoms with Gasteiger partial charge in [-0.05, 0) is 74.8 Å². The Morgan fingerprint density at radius 2 is 1.92 bits per heavy atom. The number of carbonyl (C=O) groups excluding carboxylic acids is 2. The minimum Gasteiger partial charge on any atom is -0.494 e. The Hall–Kier alpha value is -3.00. The van der Waals surface area contributed by atoms with Crippen LogP contribution in [0.15, 0.2) is 36.4 Å². The maximum Gasteiger partial charge on any atom is 0.412 e. The van der Waals surface area contributed by atoms with Crippen LogP contribution in [0.3, 0.4) is 0 Å². The first-order chi connectivity index (χ1) is 18.4. The van der Waals surface area contributed by atoms with Crippen LogP contribution in [-0.2, 0) is 14.6 Å². The molecule has 1 fully saturated rings. The van der Waals surface area contributed by atoms with Crippen LogP contribution in [0.25, 0.3) is 0 Å². The molecule has 0 bridgehead atoms. The maximum absolute atomic E-state index is 12.5. The van der Waals surface area contributed by atoms with Gasteiger partial charge >= 0.3 is 6.09 Å². The molecule has 2 aromatic rings. The first kappa shape index (κ1) is 28.0. The number of hydrogen-bond acceptors (Lipinski definition) is 6. The van der Waals surface area contributed by atoms with E-state index in [1.165, 1.54) is 37.7 Å². The number of carbonyl (C=O) groups is 2. The molecule has 0 saturated heterocycles. The number of fused-ring (bicyclic) bond motifs is 1. The Kier molecular flexibility index (Phi) is 9.36. The second-order valence-corrected chi connectivity index (χ2v) is 10.3. The van der Waals surface area contributed by atoms with E-state index in [2.05, 4.69) is 24.3 Å². The van der Waals surface area contributed by atoms with Crippen molar-refractivity contribution in [3.05, 3.63) is 53.1 Å². The van der Waals surface area contributed by atoms with Gasteiger partial charge in [0.05, 0.1) is 17.9 Å². The minimum atomic E-state index is -0.643. The Labute approximate surface area is 231 Å². The van der Waals surface area contributed by atoms with Gasteiger partial charge in [-0.2, -0.15) is 4.28 Å². The number of unbranched alkanes of at least 4 members (excludes halogenated alkanes) is 1. The fourth-order valence-corrected chi connectivity index (χ4v) is 5.77. The number of nitrogens with one attached hydrogen (secondary N) is 1. The molecule has 1 amide bonds. The third kappa shape index (κ3) is 6.17. The molecule has 1 heterocycles. The number of rotatable bonds is 11. The van der Waals surface area contributed by atoms with E-state index in [-0.39, 0.29) is 5.78 Å². The second-order valence-electron chi connectivity index (χ2n) is 10.2. The summed E-state index contributed by atoms with van der Waals surface area (Å²) in [6, 6.07) is 11.8. The van der Waals surface area contributed by atoms with E-state index in [9.17, 15) is 9.59 Å². The number of hydrogen-bond donors (Lipinski definition) is 2. The highest BCUT2D eigenvalue weighted by Gasteiger charge is 2.39. The predicted octanol–water partition coefficient (Wildman–Crippen LogP) is 7.86. The van der Waals surface area contributed by atoms with E-state index in [0.717, 1.165) is 23.4 Å². The van der Waals surface area contributed by atoms with Crippen molar-refractivity contribution >= 4 is 42.4 Å². The Morgan fingerprint density at radius 1 is 1.16 bits per heavy atom. The van der Waals surface area contributed by atoms with Crippen molar-refractivity contribution in [2.24, 2.45) is 0 Å². The molecule has 8 heteroatoms. The molecule has 1 saturated carbocycles. The molecule has 0 radical (unpaired) electrons. The largest absolute Gasteiger partial charge is 0.494 e. The van der Waals surface area contributed by atoms with Crippen molar-refractivity contribution in [3.63, 3.8) is 0 Å². The molecule has 0 unspecified atom stereocenters. The summed E-state index contributed by atoms with van der Waals surface area (Å²) in [6.45, 7) is 6.13. The molecule has 0 atom stereocenters. The van der Waals surface area contributed by atoms with E-state index in [1.807, 2.05) is 50.4 Å². The summed E-state index contributed by atoms with van der Waals surface area (Å²) in [5.41, 5.74) is 3.64. The zero-order valence-corrected chi connectivity index (χ0v) is 23.5. The van der Waals surface area contributed by atoms with Gasteiger partial charge in [0.25, 0.3) is 5.69 Å². The summed E-state index contributed by atoms with van der Waals surface area (Å²) < 4.78 is 18.6. The number of Topliss-reactive ketones (excluding diaryl/α,β-unsaturated/α-hetero) is 1. The quantitative estimate of drug-likeness (QED) is 0.0578. The van der Waals surface area contributed by atoms with Gasteiger partial charge < -0.3 is 9.47 Å². The van der Waals surface area contributed by atoms with E-state index in [1.54, 1.807) is 11.7 Å². The lowest BCUT2D eigenvalue weighted by atomic mass is 9.83. The molecule has 2 aromatic carbocycles. The molecule has 1 aliphatic heterocycles. The highest BCUT2D eigenvalue weighted by molar-refractivity contribution is 7.74. The number of anilines is 1. The third-order valence-corrected chi connectivity index (χ3v) is 8.04. The lowest BCUT2D eigenvalue weighted by molar-refractivity contribution is -0.672. The van der Waals surface area contributed by atoms with E-state index in [0.29, 0.717) is 43.0 Å². The molecule has 204 valence electrons. The van der Waals surface area contributed by atoms with Gasteiger partial charge in [0.15, 0.2) is 5.78 Å². The summed E-state index contributed by atoms with van der Waals surface area (Å²) in [7, 11) is 0. The summed E-state index contributed by atoms with van der Waals surface area (Å²) in [6.07, 6.45) is 10.4. The standard InChI is InChI=1S/C30H38N2O5S/c1-4-30(5-2)26-20-24(14-15-27(26)31-29(34)36-30)35-18-10-9-17-32(37-38)28-16-13-23(19-25(28)21(3)33)22-11-7-6-8-12-22/h13-17,19-20,22H,4-12,18H2,1-3H3,(H-,31,34,38)/p+1. The second kappa shape index (κ2) is 12.7. The van der Waals surface area contributed by atoms with Crippen molar-refractivity contribution in [1.29, 1.82) is 0 Å². The fraction of sp³-hybridized carbons (Fsp3) is 0.500. The summed E-state index contributed by atoms with van der Waals surface area (Å²) in [5, 5.41) is 2.78. The predicted molar refractivity (Wildman–Crippen MR) is 152 cm³/mol. The number of benzene rings is 2.